The maximum Gasteiger partial charge on any atom is 0.316 e. The molecule has 2 aromatic rings. The lowest BCUT2D eigenvalue weighted by Gasteiger charge is -2.45. The van der Waals surface area contributed by atoms with Crippen molar-refractivity contribution in [3.8, 4) is 6.07 Å². The largest absolute Gasteiger partial charge is 0.461 e. The molecule has 184 valence electrons. The fourth-order valence-corrected chi connectivity index (χ4v) is 6.64. The molecule has 4 heteroatoms. The van der Waals surface area contributed by atoms with Crippen LogP contribution in [0.3, 0.4) is 0 Å². The van der Waals surface area contributed by atoms with E-state index in [1.54, 1.807) is 0 Å². The highest BCUT2D eigenvalue weighted by Gasteiger charge is 2.48. The van der Waals surface area contributed by atoms with E-state index in [1.165, 1.54) is 24.8 Å². The second-order valence-electron chi connectivity index (χ2n) is 10.9. The van der Waals surface area contributed by atoms with Gasteiger partial charge in [0.05, 0.1) is 17.0 Å². The van der Waals surface area contributed by atoms with E-state index >= 15 is 0 Å². The maximum atomic E-state index is 13.8. The highest BCUT2D eigenvalue weighted by Crippen LogP contribution is 2.46. The normalized spacial score (nSPS) is 26.3. The molecule has 2 aromatic carbocycles. The Kier molecular flexibility index (Phi) is 7.54. The molecular formula is C31H38N2O2. The van der Waals surface area contributed by atoms with Crippen molar-refractivity contribution >= 4 is 5.97 Å². The summed E-state index contributed by atoms with van der Waals surface area (Å²) in [5.41, 5.74) is 2.70. The fraction of sp³-hybridized carbons (Fsp3) is 0.548. The number of carbonyl (C=O) groups is 1. The van der Waals surface area contributed by atoms with Gasteiger partial charge >= 0.3 is 5.97 Å². The summed E-state index contributed by atoms with van der Waals surface area (Å²) >= 11 is 0. The van der Waals surface area contributed by atoms with E-state index in [0.717, 1.165) is 75.7 Å². The standard InChI is InChI=1S/C31H38N2O2/c32-23-25-12-10-24(11-13-25)14-19-33-20-15-26-22-29(28(26)16-21-33)35-30(34)31(17-6-1-2-7-18-31)27-8-4-3-5-9-27/h3-5,8-13,26,28-29H,1-2,6-7,14-22H2/t26?,28?,29-/m0/s1. The minimum absolute atomic E-state index is 0.0379. The predicted octanol–water partition coefficient (Wildman–Crippen LogP) is 6.04. The van der Waals surface area contributed by atoms with Crippen molar-refractivity contribution in [3.05, 3.63) is 71.3 Å². The molecule has 2 unspecified atom stereocenters. The van der Waals surface area contributed by atoms with Crippen LogP contribution >= 0.6 is 0 Å². The van der Waals surface area contributed by atoms with Gasteiger partial charge in [-0.2, -0.15) is 5.26 Å². The zero-order valence-electron chi connectivity index (χ0n) is 20.8. The molecule has 4 nitrogen and oxygen atoms in total. The highest BCUT2D eigenvalue weighted by atomic mass is 16.5. The van der Waals surface area contributed by atoms with Crippen LogP contribution in [0.1, 0.15) is 74.5 Å². The number of nitriles is 1. The van der Waals surface area contributed by atoms with Crippen LogP contribution in [0.25, 0.3) is 0 Å². The zero-order valence-corrected chi connectivity index (χ0v) is 20.8. The zero-order chi connectivity index (χ0) is 24.1. The summed E-state index contributed by atoms with van der Waals surface area (Å²) in [5, 5.41) is 8.99. The van der Waals surface area contributed by atoms with Crippen molar-refractivity contribution in [1.82, 2.24) is 4.90 Å². The Bertz CT molecular complexity index is 1020. The SMILES string of the molecule is N#Cc1ccc(CCN2CCC3C[C@H](OC(=O)C4(c5ccccc5)CCCCCC4)C3CC2)cc1. The molecule has 35 heavy (non-hydrogen) atoms. The molecule has 5 rings (SSSR count). The highest BCUT2D eigenvalue weighted by molar-refractivity contribution is 5.83. The first-order valence-electron chi connectivity index (χ1n) is 13.7. The Labute approximate surface area is 210 Å². The van der Waals surface area contributed by atoms with Gasteiger partial charge in [-0.15, -0.1) is 0 Å². The molecule has 0 N–H and O–H groups in total. The summed E-state index contributed by atoms with van der Waals surface area (Å²) in [6.45, 7) is 3.26. The van der Waals surface area contributed by atoms with Gasteiger partial charge in [-0.25, -0.2) is 0 Å². The molecule has 0 amide bonds. The molecule has 1 heterocycles. The number of rotatable bonds is 6. The van der Waals surface area contributed by atoms with Crippen LogP contribution in [0.5, 0.6) is 0 Å². The summed E-state index contributed by atoms with van der Waals surface area (Å²) in [6.07, 6.45) is 10.9. The van der Waals surface area contributed by atoms with Crippen LogP contribution < -0.4 is 0 Å². The Morgan fingerprint density at radius 2 is 1.69 bits per heavy atom. The topological polar surface area (TPSA) is 53.3 Å². The summed E-state index contributed by atoms with van der Waals surface area (Å²) < 4.78 is 6.37. The van der Waals surface area contributed by atoms with Crippen LogP contribution in [-0.4, -0.2) is 36.6 Å². The van der Waals surface area contributed by atoms with Crippen molar-refractivity contribution in [3.63, 3.8) is 0 Å². The van der Waals surface area contributed by atoms with Crippen molar-refractivity contribution < 1.29 is 9.53 Å². The number of benzene rings is 2. The van der Waals surface area contributed by atoms with E-state index in [0.29, 0.717) is 11.8 Å². The number of ether oxygens (including phenoxy) is 1. The second-order valence-corrected chi connectivity index (χ2v) is 10.9. The van der Waals surface area contributed by atoms with Crippen LogP contribution in [0, 0.1) is 23.2 Å². The molecule has 0 bridgehead atoms. The third-order valence-corrected chi connectivity index (χ3v) is 8.95. The fourth-order valence-electron chi connectivity index (χ4n) is 6.64. The van der Waals surface area contributed by atoms with E-state index in [9.17, 15) is 4.79 Å². The van der Waals surface area contributed by atoms with Gasteiger partial charge in [0.2, 0.25) is 0 Å². The van der Waals surface area contributed by atoms with E-state index in [1.807, 2.05) is 18.2 Å². The van der Waals surface area contributed by atoms with Gasteiger partial charge in [0.1, 0.15) is 6.10 Å². The first-order chi connectivity index (χ1) is 17.2. The number of carbonyl (C=O) groups excluding carboxylic acids is 1. The minimum atomic E-state index is -0.458. The molecule has 3 atom stereocenters. The van der Waals surface area contributed by atoms with Gasteiger partial charge in [0.25, 0.3) is 0 Å². The lowest BCUT2D eigenvalue weighted by molar-refractivity contribution is -0.171. The Morgan fingerprint density at radius 1 is 0.971 bits per heavy atom. The second kappa shape index (κ2) is 11.0. The van der Waals surface area contributed by atoms with Gasteiger partial charge in [-0.1, -0.05) is 68.1 Å². The van der Waals surface area contributed by atoms with Crippen molar-refractivity contribution in [2.45, 2.75) is 75.7 Å². The van der Waals surface area contributed by atoms with Crippen LogP contribution in [-0.2, 0) is 21.4 Å². The van der Waals surface area contributed by atoms with E-state index in [-0.39, 0.29) is 12.1 Å². The first kappa shape index (κ1) is 24.1. The molecule has 1 saturated heterocycles. The van der Waals surface area contributed by atoms with Crippen molar-refractivity contribution in [1.29, 1.82) is 5.26 Å². The van der Waals surface area contributed by atoms with Crippen LogP contribution in [0.4, 0.5) is 0 Å². The van der Waals surface area contributed by atoms with E-state index < -0.39 is 5.41 Å². The number of hydrogen-bond acceptors (Lipinski definition) is 4. The van der Waals surface area contributed by atoms with E-state index in [2.05, 4.69) is 47.4 Å². The van der Waals surface area contributed by atoms with Gasteiger partial charge in [0.15, 0.2) is 0 Å². The van der Waals surface area contributed by atoms with Crippen LogP contribution in [0.15, 0.2) is 54.6 Å². The Morgan fingerprint density at radius 3 is 2.40 bits per heavy atom. The molecule has 0 radical (unpaired) electrons. The Balaban J connectivity index is 1.18. The lowest BCUT2D eigenvalue weighted by atomic mass is 9.68. The lowest BCUT2D eigenvalue weighted by Crippen LogP contribution is -2.48. The molecular weight excluding hydrogens is 432 g/mol. The molecule has 2 aliphatic carbocycles. The van der Waals surface area contributed by atoms with Gasteiger partial charge < -0.3 is 9.64 Å². The molecule has 1 aliphatic heterocycles. The summed E-state index contributed by atoms with van der Waals surface area (Å²) in [4.78, 5) is 16.3. The van der Waals surface area contributed by atoms with Gasteiger partial charge in [-0.3, -0.25) is 4.79 Å². The summed E-state index contributed by atoms with van der Waals surface area (Å²) in [7, 11) is 0. The number of nitrogens with zero attached hydrogens (tertiary/aromatic N) is 2. The van der Waals surface area contributed by atoms with Gasteiger partial charge in [-0.05, 0) is 80.8 Å². The quantitative estimate of drug-likeness (QED) is 0.382. The monoisotopic (exact) mass is 470 g/mol. The number of hydrogen-bond donors (Lipinski definition) is 0. The molecule has 3 aliphatic rings. The maximum absolute atomic E-state index is 13.8. The number of fused-ring (bicyclic) bond motifs is 1. The van der Waals surface area contributed by atoms with Crippen molar-refractivity contribution in [2.24, 2.45) is 11.8 Å². The van der Waals surface area contributed by atoms with E-state index in [4.69, 9.17) is 10.00 Å². The van der Waals surface area contributed by atoms with Crippen molar-refractivity contribution in [2.75, 3.05) is 19.6 Å². The predicted molar refractivity (Wildman–Crippen MR) is 138 cm³/mol. The smallest absolute Gasteiger partial charge is 0.316 e. The Hall–Kier alpha value is -2.64. The third kappa shape index (κ3) is 5.31. The molecule has 3 fully saturated rings. The molecule has 0 spiro atoms. The number of likely N-dealkylation sites (tertiary alicyclic amines) is 1. The first-order valence-corrected chi connectivity index (χ1v) is 13.7. The minimum Gasteiger partial charge on any atom is -0.461 e. The molecule has 0 aromatic heterocycles. The average molecular weight is 471 g/mol. The third-order valence-electron chi connectivity index (χ3n) is 8.95. The van der Waals surface area contributed by atoms with Crippen LogP contribution in [0.2, 0.25) is 0 Å². The number of esters is 1. The summed E-state index contributed by atoms with van der Waals surface area (Å²) in [5.74, 6) is 1.24. The van der Waals surface area contributed by atoms with Gasteiger partial charge in [0, 0.05) is 12.5 Å². The average Bonchev–Trinajstić information content (AvgIpc) is 3.24. The molecule has 2 saturated carbocycles. The summed E-state index contributed by atoms with van der Waals surface area (Å²) in [6, 6.07) is 20.6.